The smallest absolute Gasteiger partial charge is 0.0449 e. The van der Waals surface area contributed by atoms with E-state index < -0.39 is 0 Å². The number of piperidine rings is 1. The summed E-state index contributed by atoms with van der Waals surface area (Å²) in [6.07, 6.45) is 1.38. The van der Waals surface area contributed by atoms with Crippen LogP contribution in [0.1, 0.15) is 49.9 Å². The molecule has 2 rings (SSSR count). The van der Waals surface area contributed by atoms with Crippen molar-refractivity contribution < 1.29 is 0 Å². The summed E-state index contributed by atoms with van der Waals surface area (Å²) >= 11 is 0. The molecule has 0 bridgehead atoms. The number of nitrogens with zero attached hydrogens (tertiary/aromatic N) is 1. The normalized spacial score (nSPS) is 25.0. The minimum absolute atomic E-state index is 0.451. The van der Waals surface area contributed by atoms with Crippen molar-refractivity contribution in [3.05, 3.63) is 34.9 Å². The van der Waals surface area contributed by atoms with Crippen molar-refractivity contribution in [1.29, 1.82) is 0 Å². The Morgan fingerprint density at radius 2 is 1.81 bits per heavy atom. The standard InChI is InChI=1S/C19H32N2/c1-6-20-19(18-8-7-16(4)17(5)10-18)13-21-11-14(2)9-15(3)12-21/h7-8,10,14-15,19-20H,6,9,11-13H2,1-5H3. The molecule has 0 amide bonds. The van der Waals surface area contributed by atoms with Gasteiger partial charge in [-0.1, -0.05) is 39.0 Å². The summed E-state index contributed by atoms with van der Waals surface area (Å²) in [5, 5.41) is 3.68. The SMILES string of the molecule is CCNC(CN1CC(C)CC(C)C1)c1ccc(C)c(C)c1. The van der Waals surface area contributed by atoms with E-state index in [4.69, 9.17) is 0 Å². The summed E-state index contributed by atoms with van der Waals surface area (Å²) in [6.45, 7) is 16.0. The zero-order valence-electron chi connectivity index (χ0n) is 14.4. The highest BCUT2D eigenvalue weighted by molar-refractivity contribution is 5.32. The second-order valence-corrected chi connectivity index (χ2v) is 7.12. The molecule has 1 aliphatic heterocycles. The molecular formula is C19H32N2. The fourth-order valence-electron chi connectivity index (χ4n) is 3.71. The van der Waals surface area contributed by atoms with Crippen LogP contribution >= 0.6 is 0 Å². The van der Waals surface area contributed by atoms with Gasteiger partial charge >= 0.3 is 0 Å². The topological polar surface area (TPSA) is 15.3 Å². The Kier molecular flexibility index (Phi) is 5.83. The van der Waals surface area contributed by atoms with Crippen LogP contribution < -0.4 is 5.32 Å². The molecule has 2 nitrogen and oxygen atoms in total. The maximum atomic E-state index is 3.68. The van der Waals surface area contributed by atoms with Gasteiger partial charge in [-0.3, -0.25) is 0 Å². The zero-order valence-corrected chi connectivity index (χ0v) is 14.4. The first-order valence-corrected chi connectivity index (χ1v) is 8.52. The molecule has 1 fully saturated rings. The summed E-state index contributed by atoms with van der Waals surface area (Å²) in [5.41, 5.74) is 4.22. The minimum atomic E-state index is 0.451. The number of likely N-dealkylation sites (N-methyl/N-ethyl adjacent to an activating group) is 1. The van der Waals surface area contributed by atoms with Gasteiger partial charge in [-0.05, 0) is 55.3 Å². The Bertz CT molecular complexity index is 445. The maximum Gasteiger partial charge on any atom is 0.0449 e. The molecule has 0 aromatic heterocycles. The van der Waals surface area contributed by atoms with E-state index in [1.54, 1.807) is 0 Å². The fraction of sp³-hybridized carbons (Fsp3) is 0.684. The van der Waals surface area contributed by atoms with Crippen LogP contribution in [0.3, 0.4) is 0 Å². The molecule has 1 N–H and O–H groups in total. The van der Waals surface area contributed by atoms with Gasteiger partial charge in [0.25, 0.3) is 0 Å². The highest BCUT2D eigenvalue weighted by Gasteiger charge is 2.24. The molecule has 1 saturated heterocycles. The lowest BCUT2D eigenvalue weighted by Gasteiger charge is -2.37. The summed E-state index contributed by atoms with van der Waals surface area (Å²) in [7, 11) is 0. The van der Waals surface area contributed by atoms with Gasteiger partial charge in [0.2, 0.25) is 0 Å². The van der Waals surface area contributed by atoms with Gasteiger partial charge in [0.15, 0.2) is 0 Å². The average Bonchev–Trinajstić information content (AvgIpc) is 2.40. The largest absolute Gasteiger partial charge is 0.309 e. The molecule has 3 atom stereocenters. The second-order valence-electron chi connectivity index (χ2n) is 7.12. The molecule has 2 heteroatoms. The maximum absolute atomic E-state index is 3.68. The molecule has 1 aromatic rings. The van der Waals surface area contributed by atoms with E-state index in [2.05, 4.69) is 63.0 Å². The van der Waals surface area contributed by atoms with Crippen molar-refractivity contribution in [3.63, 3.8) is 0 Å². The van der Waals surface area contributed by atoms with Crippen LogP contribution in [0.5, 0.6) is 0 Å². The third kappa shape index (κ3) is 4.55. The van der Waals surface area contributed by atoms with Crippen LogP contribution in [-0.2, 0) is 0 Å². The molecule has 1 aliphatic rings. The molecule has 21 heavy (non-hydrogen) atoms. The predicted molar refractivity (Wildman–Crippen MR) is 91.7 cm³/mol. The number of rotatable bonds is 5. The first kappa shape index (κ1) is 16.5. The van der Waals surface area contributed by atoms with E-state index in [0.29, 0.717) is 6.04 Å². The zero-order chi connectivity index (χ0) is 15.4. The van der Waals surface area contributed by atoms with Gasteiger partial charge in [0.05, 0.1) is 0 Å². The fourth-order valence-corrected chi connectivity index (χ4v) is 3.71. The molecule has 1 heterocycles. The van der Waals surface area contributed by atoms with Crippen molar-refractivity contribution >= 4 is 0 Å². The van der Waals surface area contributed by atoms with E-state index in [9.17, 15) is 0 Å². The number of likely N-dealkylation sites (tertiary alicyclic amines) is 1. The van der Waals surface area contributed by atoms with E-state index in [0.717, 1.165) is 24.9 Å². The lowest BCUT2D eigenvalue weighted by Crippen LogP contribution is -2.43. The van der Waals surface area contributed by atoms with Gasteiger partial charge in [-0.2, -0.15) is 0 Å². The van der Waals surface area contributed by atoms with Crippen molar-refractivity contribution in [3.8, 4) is 0 Å². The van der Waals surface area contributed by atoms with Crippen LogP contribution in [0.4, 0.5) is 0 Å². The van der Waals surface area contributed by atoms with Crippen LogP contribution in [0.25, 0.3) is 0 Å². The van der Waals surface area contributed by atoms with Crippen LogP contribution in [0.15, 0.2) is 18.2 Å². The van der Waals surface area contributed by atoms with Crippen molar-refractivity contribution in [1.82, 2.24) is 10.2 Å². The quantitative estimate of drug-likeness (QED) is 0.883. The number of hydrogen-bond donors (Lipinski definition) is 1. The highest BCUT2D eigenvalue weighted by Crippen LogP contribution is 2.24. The molecule has 118 valence electrons. The molecule has 0 spiro atoms. The minimum Gasteiger partial charge on any atom is -0.309 e. The molecule has 1 aromatic carbocycles. The Labute approximate surface area is 130 Å². The van der Waals surface area contributed by atoms with E-state index >= 15 is 0 Å². The first-order valence-electron chi connectivity index (χ1n) is 8.52. The number of hydrogen-bond acceptors (Lipinski definition) is 2. The Morgan fingerprint density at radius 3 is 2.38 bits per heavy atom. The summed E-state index contributed by atoms with van der Waals surface area (Å²) in [5.74, 6) is 1.66. The van der Waals surface area contributed by atoms with Crippen LogP contribution in [0.2, 0.25) is 0 Å². The van der Waals surface area contributed by atoms with Gasteiger partial charge in [-0.15, -0.1) is 0 Å². The second kappa shape index (κ2) is 7.42. The predicted octanol–water partition coefficient (Wildman–Crippen LogP) is 3.93. The Morgan fingerprint density at radius 1 is 1.14 bits per heavy atom. The third-order valence-electron chi connectivity index (χ3n) is 4.77. The van der Waals surface area contributed by atoms with E-state index in [-0.39, 0.29) is 0 Å². The highest BCUT2D eigenvalue weighted by atomic mass is 15.2. The van der Waals surface area contributed by atoms with Gasteiger partial charge in [-0.25, -0.2) is 0 Å². The van der Waals surface area contributed by atoms with Crippen molar-refractivity contribution in [2.45, 2.75) is 47.1 Å². The number of benzene rings is 1. The average molecular weight is 288 g/mol. The van der Waals surface area contributed by atoms with Gasteiger partial charge in [0.1, 0.15) is 0 Å². The molecule has 3 unspecified atom stereocenters. The number of nitrogens with one attached hydrogen (secondary N) is 1. The third-order valence-corrected chi connectivity index (χ3v) is 4.77. The summed E-state index contributed by atoms with van der Waals surface area (Å²) in [4.78, 5) is 2.65. The summed E-state index contributed by atoms with van der Waals surface area (Å²) < 4.78 is 0. The Hall–Kier alpha value is -0.860. The van der Waals surface area contributed by atoms with Crippen molar-refractivity contribution in [2.75, 3.05) is 26.2 Å². The van der Waals surface area contributed by atoms with Gasteiger partial charge in [0, 0.05) is 25.7 Å². The Balaban J connectivity index is 2.09. The lowest BCUT2D eigenvalue weighted by atomic mass is 9.91. The van der Waals surface area contributed by atoms with Crippen LogP contribution in [-0.4, -0.2) is 31.1 Å². The van der Waals surface area contributed by atoms with E-state index in [1.807, 2.05) is 0 Å². The van der Waals surface area contributed by atoms with E-state index in [1.165, 1.54) is 36.2 Å². The lowest BCUT2D eigenvalue weighted by molar-refractivity contribution is 0.128. The molecule has 0 saturated carbocycles. The summed E-state index contributed by atoms with van der Waals surface area (Å²) in [6, 6.07) is 7.37. The molecular weight excluding hydrogens is 256 g/mol. The molecule has 0 aliphatic carbocycles. The molecule has 0 radical (unpaired) electrons. The van der Waals surface area contributed by atoms with Crippen molar-refractivity contribution in [2.24, 2.45) is 11.8 Å². The monoisotopic (exact) mass is 288 g/mol. The van der Waals surface area contributed by atoms with Gasteiger partial charge < -0.3 is 10.2 Å². The first-order chi connectivity index (χ1) is 9.99. The van der Waals surface area contributed by atoms with Crippen LogP contribution in [0, 0.1) is 25.7 Å². The number of aryl methyl sites for hydroxylation is 2.